The number of hydrogen-bond acceptors (Lipinski definition) is 4. The molecule has 1 amide bonds. The summed E-state index contributed by atoms with van der Waals surface area (Å²) in [5.74, 6) is 0.00526. The van der Waals surface area contributed by atoms with Crippen LogP contribution in [0.25, 0.3) is 11.0 Å². The fourth-order valence-electron chi connectivity index (χ4n) is 2.69. The van der Waals surface area contributed by atoms with Crippen molar-refractivity contribution < 1.29 is 9.90 Å². The SMILES string of the molecule is O=C(CCn1cnc2ccccc21)N(CCO)Cc1cccnc1. The maximum absolute atomic E-state index is 12.5. The van der Waals surface area contributed by atoms with Crippen LogP contribution in [0.1, 0.15) is 12.0 Å². The monoisotopic (exact) mass is 324 g/mol. The number of aromatic nitrogens is 3. The highest BCUT2D eigenvalue weighted by Crippen LogP contribution is 2.13. The fourth-order valence-corrected chi connectivity index (χ4v) is 2.69. The van der Waals surface area contributed by atoms with Gasteiger partial charge in [-0.15, -0.1) is 0 Å². The number of carbonyl (C=O) groups excluding carboxylic acids is 1. The lowest BCUT2D eigenvalue weighted by Gasteiger charge is -2.22. The van der Waals surface area contributed by atoms with Gasteiger partial charge in [0.05, 0.1) is 24.0 Å². The Morgan fingerprint density at radius 3 is 2.88 bits per heavy atom. The van der Waals surface area contributed by atoms with Crippen LogP contribution in [0.15, 0.2) is 55.1 Å². The van der Waals surface area contributed by atoms with Crippen molar-refractivity contribution in [1.29, 1.82) is 0 Å². The Hall–Kier alpha value is -2.73. The van der Waals surface area contributed by atoms with Gasteiger partial charge in [-0.25, -0.2) is 4.98 Å². The summed E-state index contributed by atoms with van der Waals surface area (Å²) in [5.41, 5.74) is 2.89. The number of aliphatic hydroxyl groups excluding tert-OH is 1. The van der Waals surface area contributed by atoms with Gasteiger partial charge in [-0.1, -0.05) is 18.2 Å². The highest BCUT2D eigenvalue weighted by molar-refractivity contribution is 5.77. The van der Waals surface area contributed by atoms with Gasteiger partial charge < -0.3 is 14.6 Å². The van der Waals surface area contributed by atoms with Gasteiger partial charge in [0.15, 0.2) is 0 Å². The molecule has 2 heterocycles. The molecule has 3 rings (SSSR count). The molecule has 24 heavy (non-hydrogen) atoms. The van der Waals surface area contributed by atoms with Crippen LogP contribution in [0.3, 0.4) is 0 Å². The molecule has 3 aromatic rings. The van der Waals surface area contributed by atoms with E-state index in [2.05, 4.69) is 9.97 Å². The number of benzene rings is 1. The summed E-state index contributed by atoms with van der Waals surface area (Å²) >= 11 is 0. The quantitative estimate of drug-likeness (QED) is 0.720. The van der Waals surface area contributed by atoms with E-state index in [4.69, 9.17) is 0 Å². The van der Waals surface area contributed by atoms with Crippen molar-refractivity contribution >= 4 is 16.9 Å². The fraction of sp³-hybridized carbons (Fsp3) is 0.278. The van der Waals surface area contributed by atoms with E-state index in [1.807, 2.05) is 41.0 Å². The van der Waals surface area contributed by atoms with E-state index >= 15 is 0 Å². The highest BCUT2D eigenvalue weighted by Gasteiger charge is 2.14. The number of carbonyl (C=O) groups is 1. The van der Waals surface area contributed by atoms with Crippen LogP contribution in [-0.2, 0) is 17.9 Å². The van der Waals surface area contributed by atoms with Gasteiger partial charge in [-0.05, 0) is 23.8 Å². The number of hydrogen-bond donors (Lipinski definition) is 1. The van der Waals surface area contributed by atoms with Crippen molar-refractivity contribution in [2.24, 2.45) is 0 Å². The van der Waals surface area contributed by atoms with Gasteiger partial charge in [0.2, 0.25) is 5.91 Å². The van der Waals surface area contributed by atoms with Crippen molar-refractivity contribution in [1.82, 2.24) is 19.4 Å². The predicted molar refractivity (Wildman–Crippen MR) is 91.1 cm³/mol. The Bertz CT molecular complexity index is 801. The van der Waals surface area contributed by atoms with Crippen molar-refractivity contribution in [2.45, 2.75) is 19.5 Å². The average Bonchev–Trinajstić information content (AvgIpc) is 3.03. The number of rotatable bonds is 7. The van der Waals surface area contributed by atoms with E-state index < -0.39 is 0 Å². The Morgan fingerprint density at radius 1 is 1.21 bits per heavy atom. The topological polar surface area (TPSA) is 71.2 Å². The molecule has 2 aromatic heterocycles. The first-order valence-electron chi connectivity index (χ1n) is 7.95. The van der Waals surface area contributed by atoms with Gasteiger partial charge >= 0.3 is 0 Å². The molecule has 0 atom stereocenters. The van der Waals surface area contributed by atoms with Gasteiger partial charge in [0, 0.05) is 38.4 Å². The lowest BCUT2D eigenvalue weighted by atomic mass is 10.2. The molecule has 1 aromatic carbocycles. The van der Waals surface area contributed by atoms with Crippen molar-refractivity contribution in [3.8, 4) is 0 Å². The first-order chi connectivity index (χ1) is 11.8. The molecule has 0 aliphatic rings. The molecule has 0 bridgehead atoms. The van der Waals surface area contributed by atoms with E-state index in [1.165, 1.54) is 0 Å². The Balaban J connectivity index is 1.65. The minimum atomic E-state index is -0.0555. The first-order valence-corrected chi connectivity index (χ1v) is 7.95. The summed E-state index contributed by atoms with van der Waals surface area (Å²) < 4.78 is 1.98. The molecule has 1 N–H and O–H groups in total. The molecule has 0 aliphatic heterocycles. The maximum atomic E-state index is 12.5. The van der Waals surface area contributed by atoms with Crippen molar-refractivity contribution in [2.75, 3.05) is 13.2 Å². The molecular formula is C18H20N4O2. The number of para-hydroxylation sites is 2. The molecule has 0 fully saturated rings. The summed E-state index contributed by atoms with van der Waals surface area (Å²) in [5, 5.41) is 9.23. The molecular weight excluding hydrogens is 304 g/mol. The van der Waals surface area contributed by atoms with E-state index in [9.17, 15) is 9.90 Å². The number of aryl methyl sites for hydroxylation is 1. The van der Waals surface area contributed by atoms with Crippen LogP contribution in [-0.4, -0.2) is 43.6 Å². The van der Waals surface area contributed by atoms with Crippen LogP contribution >= 0.6 is 0 Å². The number of aliphatic hydroxyl groups is 1. The minimum absolute atomic E-state index is 0.00526. The van der Waals surface area contributed by atoms with E-state index in [-0.39, 0.29) is 12.5 Å². The lowest BCUT2D eigenvalue weighted by molar-refractivity contribution is -0.132. The Kier molecular flexibility index (Phi) is 5.18. The third-order valence-electron chi connectivity index (χ3n) is 3.91. The van der Waals surface area contributed by atoms with E-state index in [0.717, 1.165) is 16.6 Å². The molecule has 6 nitrogen and oxygen atoms in total. The third-order valence-corrected chi connectivity index (χ3v) is 3.91. The van der Waals surface area contributed by atoms with Crippen molar-refractivity contribution in [3.05, 3.63) is 60.7 Å². The normalized spacial score (nSPS) is 10.9. The first kappa shape index (κ1) is 16.1. The number of imidazole rings is 1. The average molecular weight is 324 g/mol. The molecule has 0 aliphatic carbocycles. The zero-order valence-corrected chi connectivity index (χ0v) is 13.4. The Morgan fingerprint density at radius 2 is 2.08 bits per heavy atom. The van der Waals surface area contributed by atoms with Gasteiger partial charge in [0.25, 0.3) is 0 Å². The Labute approximate surface area is 140 Å². The van der Waals surface area contributed by atoms with Crippen LogP contribution < -0.4 is 0 Å². The summed E-state index contributed by atoms with van der Waals surface area (Å²) in [6.45, 7) is 1.28. The lowest BCUT2D eigenvalue weighted by Crippen LogP contribution is -2.33. The second-order valence-corrected chi connectivity index (χ2v) is 5.58. The zero-order chi connectivity index (χ0) is 16.8. The van der Waals surface area contributed by atoms with E-state index in [1.54, 1.807) is 23.6 Å². The highest BCUT2D eigenvalue weighted by atomic mass is 16.3. The number of fused-ring (bicyclic) bond motifs is 1. The molecule has 0 spiro atoms. The maximum Gasteiger partial charge on any atom is 0.224 e. The number of pyridine rings is 1. The number of nitrogens with zero attached hydrogens (tertiary/aromatic N) is 4. The predicted octanol–water partition coefficient (Wildman–Crippen LogP) is 1.84. The summed E-state index contributed by atoms with van der Waals surface area (Å²) in [4.78, 5) is 22.6. The molecule has 6 heteroatoms. The van der Waals surface area contributed by atoms with Crippen LogP contribution in [0.5, 0.6) is 0 Å². The van der Waals surface area contributed by atoms with Crippen LogP contribution in [0.2, 0.25) is 0 Å². The molecule has 0 saturated carbocycles. The third kappa shape index (κ3) is 3.78. The molecule has 124 valence electrons. The minimum Gasteiger partial charge on any atom is -0.395 e. The van der Waals surface area contributed by atoms with Gasteiger partial charge in [0.1, 0.15) is 0 Å². The second-order valence-electron chi connectivity index (χ2n) is 5.58. The summed E-state index contributed by atoms with van der Waals surface area (Å²) in [6, 6.07) is 11.6. The molecule has 0 radical (unpaired) electrons. The molecule has 0 unspecified atom stereocenters. The second kappa shape index (κ2) is 7.70. The van der Waals surface area contributed by atoms with Gasteiger partial charge in [-0.2, -0.15) is 0 Å². The number of amides is 1. The smallest absolute Gasteiger partial charge is 0.224 e. The zero-order valence-electron chi connectivity index (χ0n) is 13.4. The largest absolute Gasteiger partial charge is 0.395 e. The molecule has 0 saturated heterocycles. The summed E-state index contributed by atoms with van der Waals surface area (Å²) in [7, 11) is 0. The van der Waals surface area contributed by atoms with Crippen LogP contribution in [0.4, 0.5) is 0 Å². The summed E-state index contributed by atoms with van der Waals surface area (Å²) in [6.07, 6.45) is 5.56. The van der Waals surface area contributed by atoms with E-state index in [0.29, 0.717) is 26.1 Å². The van der Waals surface area contributed by atoms with Crippen LogP contribution in [0, 0.1) is 0 Å². The standard InChI is InChI=1S/C18H20N4O2/c23-11-10-21(13-15-4-3-8-19-12-15)18(24)7-9-22-14-20-16-5-1-2-6-17(16)22/h1-6,8,12,14,23H,7,9-11,13H2. The van der Waals surface area contributed by atoms with Gasteiger partial charge in [-0.3, -0.25) is 9.78 Å². The van der Waals surface area contributed by atoms with Crippen molar-refractivity contribution in [3.63, 3.8) is 0 Å².